The van der Waals surface area contributed by atoms with Crippen molar-refractivity contribution >= 4 is 46.3 Å². The van der Waals surface area contributed by atoms with Gasteiger partial charge in [0.2, 0.25) is 5.91 Å². The van der Waals surface area contributed by atoms with Crippen molar-refractivity contribution in [3.8, 4) is 12.1 Å². The molecule has 1 spiro atoms. The second-order valence-electron chi connectivity index (χ2n) is 15.9. The summed E-state index contributed by atoms with van der Waals surface area (Å²) in [6.07, 6.45) is 6.35. The largest absolute Gasteiger partial charge is 0.460 e. The number of rotatable bonds is 7. The third-order valence-corrected chi connectivity index (χ3v) is 11.4. The number of aliphatic imine (C=N–C) groups is 1. The van der Waals surface area contributed by atoms with Crippen molar-refractivity contribution < 1.29 is 19.1 Å². The fourth-order valence-electron chi connectivity index (χ4n) is 7.69. The second-order valence-corrected chi connectivity index (χ2v) is 17.0. The van der Waals surface area contributed by atoms with E-state index in [1.807, 2.05) is 46.7 Å². The van der Waals surface area contributed by atoms with Crippen LogP contribution in [0.25, 0.3) is 0 Å². The minimum Gasteiger partial charge on any atom is -0.460 e. The van der Waals surface area contributed by atoms with Gasteiger partial charge in [0.1, 0.15) is 34.3 Å². The first-order chi connectivity index (χ1) is 24.1. The molecular formula is C36H50N10O4S. The van der Waals surface area contributed by atoms with Crippen molar-refractivity contribution in [1.29, 1.82) is 10.7 Å². The molecule has 2 aliphatic carbocycles. The lowest BCUT2D eigenvalue weighted by Crippen LogP contribution is -2.50. The molecule has 2 aromatic rings. The van der Waals surface area contributed by atoms with Crippen LogP contribution in [-0.4, -0.2) is 121 Å². The molecule has 15 heteroatoms. The molecule has 0 aromatic carbocycles. The highest BCUT2D eigenvalue weighted by Gasteiger charge is 2.49. The average molecular weight is 719 g/mol. The average Bonchev–Trinajstić information content (AvgIpc) is 3.63. The van der Waals surface area contributed by atoms with Crippen LogP contribution >= 0.6 is 11.3 Å². The van der Waals surface area contributed by atoms with Crippen LogP contribution < -0.4 is 15.0 Å². The number of hydrogen-bond donors (Lipinski definition) is 2. The molecule has 3 fully saturated rings. The topological polar surface area (TPSA) is 163 Å². The summed E-state index contributed by atoms with van der Waals surface area (Å²) in [5.41, 5.74) is -0.00417. The zero-order valence-corrected chi connectivity index (χ0v) is 31.7. The number of fused-ring (bicyclic) bond motifs is 1. The van der Waals surface area contributed by atoms with Crippen molar-refractivity contribution in [1.82, 2.24) is 30.0 Å². The van der Waals surface area contributed by atoms with Crippen LogP contribution in [-0.2, 0) is 21.4 Å². The van der Waals surface area contributed by atoms with E-state index < -0.39 is 11.0 Å². The van der Waals surface area contributed by atoms with Crippen LogP contribution in [0, 0.1) is 22.2 Å². The van der Waals surface area contributed by atoms with E-state index in [4.69, 9.17) is 19.9 Å². The number of ether oxygens (including phenoxy) is 2. The van der Waals surface area contributed by atoms with Gasteiger partial charge in [-0.05, 0) is 85.2 Å². The first-order valence-electron chi connectivity index (χ1n) is 17.7. The van der Waals surface area contributed by atoms with E-state index in [2.05, 4.69) is 33.3 Å². The van der Waals surface area contributed by atoms with Gasteiger partial charge in [-0.25, -0.2) is 9.79 Å². The van der Waals surface area contributed by atoms with Crippen molar-refractivity contribution in [2.75, 3.05) is 65.3 Å². The van der Waals surface area contributed by atoms with Gasteiger partial charge in [0, 0.05) is 63.3 Å². The van der Waals surface area contributed by atoms with Gasteiger partial charge in [-0.15, -0.1) is 11.3 Å². The highest BCUT2D eigenvalue weighted by Crippen LogP contribution is 2.49. The summed E-state index contributed by atoms with van der Waals surface area (Å²) in [7, 11) is 5.88. The Morgan fingerprint density at radius 1 is 1.18 bits per heavy atom. The lowest BCUT2D eigenvalue weighted by Gasteiger charge is -2.44. The minimum absolute atomic E-state index is 0.0284. The number of aryl methyl sites for hydroxylation is 1. The molecule has 14 nitrogen and oxygen atoms in total. The molecule has 1 atom stereocenters. The molecule has 0 radical (unpaired) electrons. The SMILES string of the molecule is CN(C)/C=N/c1sc2c(c1C#N)[C@@](C)(C(=O)NC(=N)c1cc(N3CCN(C(=O)OC(C)(C)C)CC3)nc(OC3CC4(CCN(C)C4)C3)n1)CCC2. The molecule has 1 saturated carbocycles. The van der Waals surface area contributed by atoms with Crippen LogP contribution in [0.2, 0.25) is 0 Å². The molecule has 4 heterocycles. The second kappa shape index (κ2) is 14.0. The lowest BCUT2D eigenvalue weighted by atomic mass is 9.66. The maximum Gasteiger partial charge on any atom is 0.410 e. The summed E-state index contributed by atoms with van der Waals surface area (Å²) < 4.78 is 11.9. The normalized spacial score (nSPS) is 24.9. The predicted octanol–water partition coefficient (Wildman–Crippen LogP) is 4.29. The first kappa shape index (κ1) is 36.5. The predicted molar refractivity (Wildman–Crippen MR) is 196 cm³/mol. The van der Waals surface area contributed by atoms with Crippen LogP contribution in [0.15, 0.2) is 11.1 Å². The maximum atomic E-state index is 14.1. The zero-order chi connectivity index (χ0) is 36.7. The van der Waals surface area contributed by atoms with Gasteiger partial charge in [0.25, 0.3) is 0 Å². The molecule has 2 amide bonds. The number of amidine groups is 1. The number of hydrogen-bond acceptors (Lipinski definition) is 12. The molecule has 2 N–H and O–H groups in total. The molecule has 0 bridgehead atoms. The Labute approximate surface area is 304 Å². The van der Waals surface area contributed by atoms with E-state index >= 15 is 0 Å². The van der Waals surface area contributed by atoms with E-state index in [1.165, 1.54) is 11.3 Å². The van der Waals surface area contributed by atoms with Crippen molar-refractivity contribution in [3.05, 3.63) is 27.8 Å². The summed E-state index contributed by atoms with van der Waals surface area (Å²) in [6.45, 7) is 11.4. The Balaban J connectivity index is 1.23. The molecule has 0 unspecified atom stereocenters. The number of amides is 2. The number of nitriles is 1. The summed E-state index contributed by atoms with van der Waals surface area (Å²) in [5, 5.41) is 22.7. The quantitative estimate of drug-likeness (QED) is 0.312. The van der Waals surface area contributed by atoms with Gasteiger partial charge in [0.15, 0.2) is 5.84 Å². The number of likely N-dealkylation sites (tertiary alicyclic amines) is 1. The van der Waals surface area contributed by atoms with Crippen LogP contribution in [0.5, 0.6) is 6.01 Å². The highest BCUT2D eigenvalue weighted by atomic mass is 32.1. The van der Waals surface area contributed by atoms with E-state index in [0.717, 1.165) is 50.1 Å². The Bertz CT molecular complexity index is 1750. The third kappa shape index (κ3) is 7.82. The number of aromatic nitrogens is 2. The number of thiophene rings is 1. The standard InChI is InChI=1S/C36H50N10O4S/c1-34(2,3)50-33(48)46-15-13-45(14-16-46)27-17-25(40-32(41-27)49-23-18-36(19-23)11-12-44(7)21-36)29(38)42-31(47)35(4)10-8-9-26-28(35)24(20-37)30(51-26)39-22-43(5)6/h17,22-23H,8-16,18-19,21H2,1-7H3,(H2,38,42,47)/b39-22+/t23?,35-,36?/m0/s1. The molecular weight excluding hydrogens is 669 g/mol. The molecule has 274 valence electrons. The number of nitrogens with one attached hydrogen (secondary N) is 2. The van der Waals surface area contributed by atoms with Gasteiger partial charge in [0.05, 0.1) is 17.3 Å². The van der Waals surface area contributed by atoms with Gasteiger partial charge in [-0.2, -0.15) is 15.2 Å². The number of carbonyl (C=O) groups is 2. The van der Waals surface area contributed by atoms with Gasteiger partial charge < -0.3 is 34.4 Å². The fourth-order valence-corrected chi connectivity index (χ4v) is 8.95. The fraction of sp³-hybridized carbons (Fsp3) is 0.639. The Morgan fingerprint density at radius 2 is 1.90 bits per heavy atom. The van der Waals surface area contributed by atoms with Crippen LogP contribution in [0.3, 0.4) is 0 Å². The summed E-state index contributed by atoms with van der Waals surface area (Å²) in [4.78, 5) is 49.7. The summed E-state index contributed by atoms with van der Waals surface area (Å²) in [5.74, 6) is 0.0220. The number of carbonyl (C=O) groups excluding carboxylic acids is 2. The van der Waals surface area contributed by atoms with Crippen molar-refractivity contribution in [3.63, 3.8) is 0 Å². The van der Waals surface area contributed by atoms with Crippen LogP contribution in [0.4, 0.5) is 15.6 Å². The number of anilines is 1. The Kier molecular flexibility index (Phi) is 10.0. The molecule has 6 rings (SSSR count). The number of piperazine rings is 1. The van der Waals surface area contributed by atoms with Crippen molar-refractivity contribution in [2.45, 2.75) is 83.3 Å². The maximum absolute atomic E-state index is 14.1. The smallest absolute Gasteiger partial charge is 0.410 e. The van der Waals surface area contributed by atoms with E-state index in [-0.39, 0.29) is 41.1 Å². The van der Waals surface area contributed by atoms with Gasteiger partial charge in [-0.1, -0.05) is 0 Å². The number of nitrogens with zero attached hydrogens (tertiary/aromatic N) is 8. The van der Waals surface area contributed by atoms with E-state index in [1.54, 1.807) is 22.2 Å². The lowest BCUT2D eigenvalue weighted by molar-refractivity contribution is -0.125. The van der Waals surface area contributed by atoms with Crippen LogP contribution in [0.1, 0.15) is 81.5 Å². The van der Waals surface area contributed by atoms with Gasteiger partial charge >= 0.3 is 12.1 Å². The van der Waals surface area contributed by atoms with Gasteiger partial charge in [-0.3, -0.25) is 10.2 Å². The molecule has 4 aliphatic rings. The molecule has 2 saturated heterocycles. The Hall–Kier alpha value is -4.29. The molecule has 2 aliphatic heterocycles. The Morgan fingerprint density at radius 3 is 2.53 bits per heavy atom. The molecule has 2 aromatic heterocycles. The van der Waals surface area contributed by atoms with E-state index in [0.29, 0.717) is 54.5 Å². The summed E-state index contributed by atoms with van der Waals surface area (Å²) in [6, 6.07) is 4.17. The summed E-state index contributed by atoms with van der Waals surface area (Å²) >= 11 is 1.45. The van der Waals surface area contributed by atoms with E-state index in [9.17, 15) is 14.9 Å². The zero-order valence-electron chi connectivity index (χ0n) is 30.8. The minimum atomic E-state index is -1.03. The third-order valence-electron chi connectivity index (χ3n) is 10.3. The molecule has 51 heavy (non-hydrogen) atoms. The highest BCUT2D eigenvalue weighted by molar-refractivity contribution is 7.16. The first-order valence-corrected chi connectivity index (χ1v) is 18.5. The van der Waals surface area contributed by atoms with Crippen molar-refractivity contribution in [2.24, 2.45) is 10.4 Å². The monoisotopic (exact) mass is 718 g/mol.